The Labute approximate surface area is 160 Å². The number of fused-ring (bicyclic) bond motifs is 1. The molecule has 1 fully saturated rings. The minimum atomic E-state index is -0.325. The zero-order chi connectivity index (χ0) is 18.1. The van der Waals surface area contributed by atoms with Gasteiger partial charge in [0, 0.05) is 15.4 Å². The fourth-order valence-electron chi connectivity index (χ4n) is 3.72. The zero-order valence-corrected chi connectivity index (χ0v) is 15.8. The molecule has 1 saturated carbocycles. The number of aromatic nitrogens is 1. The van der Waals surface area contributed by atoms with Gasteiger partial charge in [-0.05, 0) is 49.1 Å². The topological polar surface area (TPSA) is 57.8 Å². The molecule has 0 bridgehead atoms. The minimum Gasteiger partial charge on any atom is -0.341 e. The third-order valence-electron chi connectivity index (χ3n) is 5.21. The molecule has 0 atom stereocenters. The first-order chi connectivity index (χ1) is 12.6. The second-order valence-electron chi connectivity index (χ2n) is 6.73. The van der Waals surface area contributed by atoms with Crippen LogP contribution >= 0.6 is 15.9 Å². The van der Waals surface area contributed by atoms with Gasteiger partial charge in [-0.1, -0.05) is 46.3 Å². The summed E-state index contributed by atoms with van der Waals surface area (Å²) in [6, 6.07) is 19.9. The highest BCUT2D eigenvalue weighted by Crippen LogP contribution is 2.42. The molecule has 0 radical (unpaired) electrons. The maximum atomic E-state index is 13.1. The van der Waals surface area contributed by atoms with E-state index < -0.39 is 0 Å². The van der Waals surface area contributed by atoms with E-state index in [0.717, 1.165) is 40.2 Å². The van der Waals surface area contributed by atoms with Crippen LogP contribution in [0.1, 0.15) is 35.3 Å². The largest absolute Gasteiger partial charge is 0.341 e. The van der Waals surface area contributed by atoms with Crippen molar-refractivity contribution in [3.05, 3.63) is 70.3 Å². The van der Waals surface area contributed by atoms with E-state index in [9.17, 15) is 10.1 Å². The lowest BCUT2D eigenvalue weighted by Crippen LogP contribution is -2.51. The van der Waals surface area contributed by atoms with Gasteiger partial charge in [-0.15, -0.1) is 0 Å². The number of rotatable bonds is 4. The lowest BCUT2D eigenvalue weighted by atomic mass is 9.71. The fourth-order valence-corrected chi connectivity index (χ4v) is 4.12. The molecule has 26 heavy (non-hydrogen) atoms. The summed E-state index contributed by atoms with van der Waals surface area (Å²) >= 11 is 3.52. The van der Waals surface area contributed by atoms with Crippen LogP contribution < -0.4 is 5.32 Å². The molecule has 1 amide bonds. The number of nitriles is 1. The average molecular weight is 408 g/mol. The number of nitrogens with zero attached hydrogens (tertiary/aromatic N) is 2. The molecule has 1 aromatic heterocycles. The van der Waals surface area contributed by atoms with Crippen molar-refractivity contribution in [3.63, 3.8) is 0 Å². The highest BCUT2D eigenvalue weighted by atomic mass is 79.9. The number of benzene rings is 2. The number of carbonyl (C=O) groups is 1. The van der Waals surface area contributed by atoms with Crippen molar-refractivity contribution in [1.82, 2.24) is 9.88 Å². The number of nitrogens with one attached hydrogen (secondary N) is 1. The molecule has 1 aliphatic carbocycles. The Morgan fingerprint density at radius 2 is 2.00 bits per heavy atom. The minimum absolute atomic E-state index is 0.129. The normalized spacial score (nSPS) is 15.2. The van der Waals surface area contributed by atoms with E-state index in [-0.39, 0.29) is 18.0 Å². The zero-order valence-electron chi connectivity index (χ0n) is 14.2. The van der Waals surface area contributed by atoms with Gasteiger partial charge >= 0.3 is 0 Å². The summed E-state index contributed by atoms with van der Waals surface area (Å²) in [7, 11) is 0. The first kappa shape index (κ1) is 16.9. The van der Waals surface area contributed by atoms with E-state index in [2.05, 4.69) is 39.4 Å². The predicted octanol–water partition coefficient (Wildman–Crippen LogP) is 4.74. The number of carbonyl (C=O) groups excluding carboxylic acids is 1. The molecular weight excluding hydrogens is 390 g/mol. The third-order valence-corrected chi connectivity index (χ3v) is 5.70. The summed E-state index contributed by atoms with van der Waals surface area (Å²) in [5.41, 5.74) is 2.24. The average Bonchev–Trinajstić information content (AvgIpc) is 2.97. The van der Waals surface area contributed by atoms with E-state index in [1.165, 1.54) is 0 Å². The molecule has 1 heterocycles. The van der Waals surface area contributed by atoms with Gasteiger partial charge in [0.1, 0.15) is 12.2 Å². The molecular formula is C21H18BrN3O. The van der Waals surface area contributed by atoms with E-state index >= 15 is 0 Å². The molecule has 0 spiro atoms. The Hall–Kier alpha value is -2.58. The maximum Gasteiger partial charge on any atom is 0.268 e. The summed E-state index contributed by atoms with van der Waals surface area (Å²) < 4.78 is 2.80. The van der Waals surface area contributed by atoms with Gasteiger partial charge in [0.25, 0.3) is 5.91 Å². The summed E-state index contributed by atoms with van der Waals surface area (Å²) in [5.74, 6) is -0.129. The Bertz CT molecular complexity index is 1030. The van der Waals surface area contributed by atoms with Gasteiger partial charge in [-0.25, -0.2) is 0 Å². The highest BCUT2D eigenvalue weighted by molar-refractivity contribution is 9.10. The van der Waals surface area contributed by atoms with E-state index in [1.807, 2.05) is 42.5 Å². The van der Waals surface area contributed by atoms with Crippen LogP contribution in [0.25, 0.3) is 10.9 Å². The van der Waals surface area contributed by atoms with E-state index in [1.54, 1.807) is 4.57 Å². The van der Waals surface area contributed by atoms with Crippen LogP contribution in [0.5, 0.6) is 0 Å². The molecule has 0 aliphatic heterocycles. The van der Waals surface area contributed by atoms with Crippen molar-refractivity contribution in [1.29, 1.82) is 5.26 Å². The quantitative estimate of drug-likeness (QED) is 0.678. The monoisotopic (exact) mass is 407 g/mol. The molecule has 4 nitrogen and oxygen atoms in total. The molecule has 1 aliphatic rings. The van der Waals surface area contributed by atoms with Gasteiger partial charge < -0.3 is 9.88 Å². The maximum absolute atomic E-state index is 13.1. The molecule has 130 valence electrons. The van der Waals surface area contributed by atoms with Crippen LogP contribution in [0.3, 0.4) is 0 Å². The van der Waals surface area contributed by atoms with Crippen LogP contribution in [0.4, 0.5) is 0 Å². The van der Waals surface area contributed by atoms with Crippen LogP contribution in [0, 0.1) is 11.3 Å². The number of hydrogen-bond donors (Lipinski definition) is 1. The molecule has 3 aromatic rings. The molecule has 4 rings (SSSR count). The lowest BCUT2D eigenvalue weighted by Gasteiger charge is -2.43. The van der Waals surface area contributed by atoms with Crippen molar-refractivity contribution in [2.75, 3.05) is 0 Å². The van der Waals surface area contributed by atoms with Gasteiger partial charge in [0.15, 0.2) is 0 Å². The summed E-state index contributed by atoms with van der Waals surface area (Å²) in [4.78, 5) is 13.1. The number of hydrogen-bond acceptors (Lipinski definition) is 2. The number of para-hydroxylation sites is 1. The van der Waals surface area contributed by atoms with Crippen LogP contribution in [0.2, 0.25) is 0 Å². The molecule has 0 saturated heterocycles. The predicted molar refractivity (Wildman–Crippen MR) is 105 cm³/mol. The van der Waals surface area contributed by atoms with Crippen molar-refractivity contribution in [2.24, 2.45) is 0 Å². The van der Waals surface area contributed by atoms with Crippen LogP contribution in [0.15, 0.2) is 59.1 Å². The Morgan fingerprint density at radius 3 is 2.69 bits per heavy atom. The van der Waals surface area contributed by atoms with Crippen molar-refractivity contribution in [2.45, 2.75) is 31.3 Å². The smallest absolute Gasteiger partial charge is 0.268 e. The summed E-state index contributed by atoms with van der Waals surface area (Å²) in [6.07, 6.45) is 2.94. The Morgan fingerprint density at radius 1 is 1.19 bits per heavy atom. The highest BCUT2D eigenvalue weighted by Gasteiger charge is 2.40. The Balaban J connectivity index is 1.71. The fraction of sp³-hybridized carbons (Fsp3) is 0.238. The van der Waals surface area contributed by atoms with Gasteiger partial charge in [0.05, 0.1) is 11.6 Å². The van der Waals surface area contributed by atoms with Gasteiger partial charge in [-0.3, -0.25) is 4.79 Å². The first-order valence-corrected chi connectivity index (χ1v) is 9.46. The second-order valence-corrected chi connectivity index (χ2v) is 7.65. The van der Waals surface area contributed by atoms with E-state index in [4.69, 9.17) is 0 Å². The summed E-state index contributed by atoms with van der Waals surface area (Å²) in [5, 5.41) is 13.4. The van der Waals surface area contributed by atoms with Crippen molar-refractivity contribution in [3.8, 4) is 6.07 Å². The molecule has 2 aromatic carbocycles. The van der Waals surface area contributed by atoms with E-state index in [0.29, 0.717) is 5.69 Å². The van der Waals surface area contributed by atoms with Crippen LogP contribution in [-0.2, 0) is 12.1 Å². The van der Waals surface area contributed by atoms with Crippen LogP contribution in [-0.4, -0.2) is 10.5 Å². The first-order valence-electron chi connectivity index (χ1n) is 8.67. The molecule has 1 N–H and O–H groups in total. The lowest BCUT2D eigenvalue weighted by molar-refractivity contribution is 0.0814. The summed E-state index contributed by atoms with van der Waals surface area (Å²) in [6.45, 7) is 0.153. The Kier molecular flexibility index (Phi) is 4.29. The number of halogens is 1. The molecule has 0 unspecified atom stereocenters. The van der Waals surface area contributed by atoms with Gasteiger partial charge in [0.2, 0.25) is 0 Å². The van der Waals surface area contributed by atoms with Crippen molar-refractivity contribution < 1.29 is 4.79 Å². The third kappa shape index (κ3) is 2.81. The van der Waals surface area contributed by atoms with Gasteiger partial charge in [-0.2, -0.15) is 5.26 Å². The second kappa shape index (κ2) is 6.62. The molecule has 5 heteroatoms. The van der Waals surface area contributed by atoms with Crippen molar-refractivity contribution >= 4 is 32.7 Å². The standard InChI is InChI=1S/C21H18BrN3O/c22-17-7-3-6-16(14-17)21(9-4-10-21)24-20(26)19-13-15-5-1-2-8-18(15)25(19)12-11-23/h1-3,5-8,13-14H,4,9-10,12H2,(H,24,26). The number of amides is 1. The SMILES string of the molecule is N#CCn1c(C(=O)NC2(c3cccc(Br)c3)CCC2)cc2ccccc21.